The molecule has 0 saturated heterocycles. The maximum Gasteiger partial charge on any atom is 0.139 e. The quantitative estimate of drug-likeness (QED) is 0.700. The number of thiazole rings is 1. The third kappa shape index (κ3) is 4.15. The minimum atomic E-state index is 0.283. The Hall–Kier alpha value is -0.740. The molecular formula is C9H14N2OS. The van der Waals surface area contributed by atoms with Gasteiger partial charge in [-0.25, -0.2) is 0 Å². The summed E-state index contributed by atoms with van der Waals surface area (Å²) in [4.78, 5) is 16.3. The summed E-state index contributed by atoms with van der Waals surface area (Å²) in [5.41, 5.74) is 1.76. The third-order valence-electron chi connectivity index (χ3n) is 1.69. The van der Waals surface area contributed by atoms with Crippen LogP contribution in [-0.2, 0) is 11.2 Å². The molecule has 0 aliphatic rings. The van der Waals surface area contributed by atoms with Crippen molar-refractivity contribution < 1.29 is 4.79 Å². The first-order valence-corrected chi connectivity index (χ1v) is 5.30. The van der Waals surface area contributed by atoms with Gasteiger partial charge in [0.25, 0.3) is 0 Å². The van der Waals surface area contributed by atoms with Gasteiger partial charge in [-0.2, -0.15) is 0 Å². The van der Waals surface area contributed by atoms with Gasteiger partial charge in [-0.05, 0) is 6.54 Å². The van der Waals surface area contributed by atoms with E-state index in [0.717, 1.165) is 18.0 Å². The average molecular weight is 198 g/mol. The van der Waals surface area contributed by atoms with Crippen LogP contribution in [0.2, 0.25) is 0 Å². The standard InChI is InChI=1S/C9H14N2OS/c1-2-10-4-3-8(12)5-9-6-11-7-13-9/h6-7,10H,2-5H2,1H3. The molecule has 0 amide bonds. The number of nitrogens with zero attached hydrogens (tertiary/aromatic N) is 1. The molecule has 3 nitrogen and oxygen atoms in total. The molecule has 1 rings (SSSR count). The monoisotopic (exact) mass is 198 g/mol. The van der Waals surface area contributed by atoms with Gasteiger partial charge in [0.1, 0.15) is 5.78 Å². The molecule has 0 unspecified atom stereocenters. The van der Waals surface area contributed by atoms with Crippen LogP contribution < -0.4 is 5.32 Å². The molecule has 0 radical (unpaired) electrons. The lowest BCUT2D eigenvalue weighted by Crippen LogP contribution is -2.18. The van der Waals surface area contributed by atoms with Crippen LogP contribution in [0.1, 0.15) is 18.2 Å². The Morgan fingerprint density at radius 2 is 2.54 bits per heavy atom. The Morgan fingerprint density at radius 1 is 1.69 bits per heavy atom. The average Bonchev–Trinajstić information content (AvgIpc) is 2.57. The fraction of sp³-hybridized carbons (Fsp3) is 0.556. The summed E-state index contributed by atoms with van der Waals surface area (Å²) in [5.74, 6) is 0.283. The van der Waals surface area contributed by atoms with E-state index < -0.39 is 0 Å². The van der Waals surface area contributed by atoms with Crippen molar-refractivity contribution in [3.8, 4) is 0 Å². The van der Waals surface area contributed by atoms with Crippen molar-refractivity contribution in [2.45, 2.75) is 19.8 Å². The van der Waals surface area contributed by atoms with Crippen molar-refractivity contribution in [2.75, 3.05) is 13.1 Å². The van der Waals surface area contributed by atoms with Crippen LogP contribution >= 0.6 is 11.3 Å². The Morgan fingerprint density at radius 3 is 3.15 bits per heavy atom. The van der Waals surface area contributed by atoms with E-state index in [2.05, 4.69) is 10.3 Å². The van der Waals surface area contributed by atoms with Crippen LogP contribution in [0.25, 0.3) is 0 Å². The summed E-state index contributed by atoms with van der Waals surface area (Å²) in [6.07, 6.45) is 2.91. The van der Waals surface area contributed by atoms with Gasteiger partial charge < -0.3 is 5.32 Å². The van der Waals surface area contributed by atoms with Gasteiger partial charge in [0.2, 0.25) is 0 Å². The zero-order valence-corrected chi connectivity index (χ0v) is 8.56. The maximum absolute atomic E-state index is 11.3. The van der Waals surface area contributed by atoms with Gasteiger partial charge in [0.05, 0.1) is 5.51 Å². The third-order valence-corrected chi connectivity index (χ3v) is 2.47. The lowest BCUT2D eigenvalue weighted by atomic mass is 10.2. The van der Waals surface area contributed by atoms with E-state index in [1.807, 2.05) is 6.92 Å². The highest BCUT2D eigenvalue weighted by Gasteiger charge is 2.03. The zero-order valence-electron chi connectivity index (χ0n) is 7.75. The molecule has 13 heavy (non-hydrogen) atoms. The minimum absolute atomic E-state index is 0.283. The number of Topliss-reactive ketones (excluding diaryl/α,β-unsaturated/α-hetero) is 1. The number of carbonyl (C=O) groups excluding carboxylic acids is 1. The van der Waals surface area contributed by atoms with Crippen molar-refractivity contribution in [1.29, 1.82) is 0 Å². The first-order valence-electron chi connectivity index (χ1n) is 4.42. The molecule has 0 spiro atoms. The lowest BCUT2D eigenvalue weighted by molar-refractivity contribution is -0.118. The lowest BCUT2D eigenvalue weighted by Gasteiger charge is -1.99. The molecule has 1 heterocycles. The summed E-state index contributed by atoms with van der Waals surface area (Å²) in [6, 6.07) is 0. The normalized spacial score (nSPS) is 10.2. The summed E-state index contributed by atoms with van der Waals surface area (Å²) < 4.78 is 0. The molecule has 0 aliphatic carbocycles. The first kappa shape index (κ1) is 10.3. The second kappa shape index (κ2) is 5.83. The SMILES string of the molecule is CCNCCC(=O)Cc1cncs1. The number of hydrogen-bond donors (Lipinski definition) is 1. The Bertz CT molecular complexity index is 246. The molecule has 1 aromatic rings. The molecule has 1 aromatic heterocycles. The van der Waals surface area contributed by atoms with Crippen molar-refractivity contribution in [3.63, 3.8) is 0 Å². The van der Waals surface area contributed by atoms with Crippen LogP contribution in [0.4, 0.5) is 0 Å². The molecule has 0 atom stereocenters. The maximum atomic E-state index is 11.3. The molecule has 4 heteroatoms. The second-order valence-corrected chi connectivity index (χ2v) is 3.76. The van der Waals surface area contributed by atoms with E-state index in [1.165, 1.54) is 11.3 Å². The predicted octanol–water partition coefficient (Wildman–Crippen LogP) is 1.25. The van der Waals surface area contributed by atoms with Gasteiger partial charge in [-0.1, -0.05) is 6.92 Å². The summed E-state index contributed by atoms with van der Waals surface area (Å²) in [6.45, 7) is 3.75. The first-order chi connectivity index (χ1) is 6.33. The summed E-state index contributed by atoms with van der Waals surface area (Å²) in [5, 5.41) is 3.13. The second-order valence-electron chi connectivity index (χ2n) is 2.79. The number of hydrogen-bond acceptors (Lipinski definition) is 4. The summed E-state index contributed by atoms with van der Waals surface area (Å²) >= 11 is 1.54. The smallest absolute Gasteiger partial charge is 0.139 e. The highest BCUT2D eigenvalue weighted by molar-refractivity contribution is 7.09. The van der Waals surface area contributed by atoms with Gasteiger partial charge in [0, 0.05) is 30.5 Å². The molecule has 0 aliphatic heterocycles. The zero-order chi connectivity index (χ0) is 9.52. The Labute approximate surface area is 82.2 Å². The van der Waals surface area contributed by atoms with Crippen molar-refractivity contribution in [1.82, 2.24) is 10.3 Å². The minimum Gasteiger partial charge on any atom is -0.317 e. The number of aromatic nitrogens is 1. The fourth-order valence-electron chi connectivity index (χ4n) is 1.02. The van der Waals surface area contributed by atoms with Crippen LogP contribution in [0, 0.1) is 0 Å². The molecule has 1 N–H and O–H groups in total. The van der Waals surface area contributed by atoms with Gasteiger partial charge in [0.15, 0.2) is 0 Å². The molecule has 0 bridgehead atoms. The largest absolute Gasteiger partial charge is 0.317 e. The molecule has 0 saturated carbocycles. The highest BCUT2D eigenvalue weighted by Crippen LogP contribution is 2.07. The molecule has 72 valence electrons. The van der Waals surface area contributed by atoms with Crippen LogP contribution in [-0.4, -0.2) is 23.9 Å². The number of rotatable bonds is 6. The van der Waals surface area contributed by atoms with E-state index in [-0.39, 0.29) is 5.78 Å². The predicted molar refractivity (Wildman–Crippen MR) is 54.0 cm³/mol. The number of carbonyl (C=O) groups is 1. The van der Waals surface area contributed by atoms with E-state index in [9.17, 15) is 4.79 Å². The van der Waals surface area contributed by atoms with Crippen LogP contribution in [0.3, 0.4) is 0 Å². The Kier molecular flexibility index (Phi) is 4.64. The van der Waals surface area contributed by atoms with Gasteiger partial charge >= 0.3 is 0 Å². The molecular weight excluding hydrogens is 184 g/mol. The van der Waals surface area contributed by atoms with Gasteiger partial charge in [-0.15, -0.1) is 11.3 Å². The van der Waals surface area contributed by atoms with E-state index in [1.54, 1.807) is 11.7 Å². The van der Waals surface area contributed by atoms with Crippen molar-refractivity contribution in [2.24, 2.45) is 0 Å². The topological polar surface area (TPSA) is 42.0 Å². The van der Waals surface area contributed by atoms with Crippen molar-refractivity contribution >= 4 is 17.1 Å². The van der Waals surface area contributed by atoms with Crippen LogP contribution in [0.5, 0.6) is 0 Å². The van der Waals surface area contributed by atoms with Gasteiger partial charge in [-0.3, -0.25) is 9.78 Å². The van der Waals surface area contributed by atoms with E-state index in [0.29, 0.717) is 12.8 Å². The molecule has 0 aromatic carbocycles. The van der Waals surface area contributed by atoms with E-state index in [4.69, 9.17) is 0 Å². The highest BCUT2D eigenvalue weighted by atomic mass is 32.1. The fourth-order valence-corrected chi connectivity index (χ4v) is 1.64. The number of ketones is 1. The van der Waals surface area contributed by atoms with Crippen LogP contribution in [0.15, 0.2) is 11.7 Å². The Balaban J connectivity index is 2.18. The molecule has 0 fully saturated rings. The van der Waals surface area contributed by atoms with E-state index >= 15 is 0 Å². The van der Waals surface area contributed by atoms with Crippen molar-refractivity contribution in [3.05, 3.63) is 16.6 Å². The summed E-state index contributed by atoms with van der Waals surface area (Å²) in [7, 11) is 0. The number of nitrogens with one attached hydrogen (secondary N) is 1.